The topological polar surface area (TPSA) is 39.4 Å². The molecule has 15 heavy (non-hydrogen) atoms. The summed E-state index contributed by atoms with van der Waals surface area (Å²) in [6.07, 6.45) is 1.42. The van der Waals surface area contributed by atoms with Crippen LogP contribution in [-0.2, 0) is 4.74 Å². The molecule has 0 radical (unpaired) electrons. The van der Waals surface area contributed by atoms with Crippen molar-refractivity contribution < 1.29 is 13.9 Å². The lowest BCUT2D eigenvalue weighted by Gasteiger charge is -1.99. The highest BCUT2D eigenvalue weighted by atomic mass is 79.9. The number of ether oxygens (including phenoxy) is 1. The van der Waals surface area contributed by atoms with Crippen molar-refractivity contribution in [2.45, 2.75) is 6.92 Å². The molecule has 0 N–H and O–H groups in total. The molecular weight excluding hydrogens is 260 g/mol. The largest absolute Gasteiger partial charge is 0.463 e. The predicted molar refractivity (Wildman–Crippen MR) is 59.9 cm³/mol. The number of esters is 1. The van der Waals surface area contributed by atoms with E-state index in [9.17, 15) is 4.79 Å². The van der Waals surface area contributed by atoms with Gasteiger partial charge in [-0.1, -0.05) is 22.0 Å². The molecule has 0 unspecified atom stereocenters. The van der Waals surface area contributed by atoms with Crippen molar-refractivity contribution in [1.29, 1.82) is 0 Å². The molecule has 0 aliphatic carbocycles. The molecule has 0 atom stereocenters. The Bertz CT molecular complexity index is 502. The molecule has 0 spiro atoms. The summed E-state index contributed by atoms with van der Waals surface area (Å²) < 4.78 is 11.0. The first-order chi connectivity index (χ1) is 7.24. The van der Waals surface area contributed by atoms with Gasteiger partial charge in [0.15, 0.2) is 0 Å². The third-order valence-electron chi connectivity index (χ3n) is 2.04. The lowest BCUT2D eigenvalue weighted by Crippen LogP contribution is -2.03. The minimum atomic E-state index is -0.358. The Kier molecular flexibility index (Phi) is 2.77. The molecule has 2 rings (SSSR count). The van der Waals surface area contributed by atoms with Crippen LogP contribution in [0, 0.1) is 0 Å². The molecule has 0 fully saturated rings. The highest BCUT2D eigenvalue weighted by molar-refractivity contribution is 9.10. The van der Waals surface area contributed by atoms with Crippen LogP contribution in [0.15, 0.2) is 33.4 Å². The molecule has 1 aromatic heterocycles. The lowest BCUT2D eigenvalue weighted by molar-refractivity contribution is 0.0527. The number of hydrogen-bond donors (Lipinski definition) is 0. The summed E-state index contributed by atoms with van der Waals surface area (Å²) >= 11 is 3.38. The van der Waals surface area contributed by atoms with E-state index in [0.717, 1.165) is 9.86 Å². The van der Waals surface area contributed by atoms with Gasteiger partial charge in [-0.05, 0) is 19.1 Å². The molecule has 78 valence electrons. The van der Waals surface area contributed by atoms with Gasteiger partial charge >= 0.3 is 5.97 Å². The standard InChI is InChI=1S/C11H9BrO3/c1-2-14-11(13)7-6-15-9-5-3-4-8(12)10(7)9/h3-6H,2H2,1H3. The highest BCUT2D eigenvalue weighted by Crippen LogP contribution is 2.29. The average Bonchev–Trinajstić information content (AvgIpc) is 2.63. The zero-order valence-electron chi connectivity index (χ0n) is 8.12. The second-order valence-electron chi connectivity index (χ2n) is 2.98. The molecule has 0 saturated heterocycles. The van der Waals surface area contributed by atoms with E-state index in [1.165, 1.54) is 6.26 Å². The summed E-state index contributed by atoms with van der Waals surface area (Å²) in [5, 5.41) is 0.760. The first kappa shape index (κ1) is 10.2. The van der Waals surface area contributed by atoms with Gasteiger partial charge in [0.2, 0.25) is 0 Å². The van der Waals surface area contributed by atoms with E-state index in [0.29, 0.717) is 17.8 Å². The van der Waals surface area contributed by atoms with Crippen molar-refractivity contribution in [3.8, 4) is 0 Å². The van der Waals surface area contributed by atoms with Crippen LogP contribution in [0.2, 0.25) is 0 Å². The van der Waals surface area contributed by atoms with Crippen molar-refractivity contribution in [3.63, 3.8) is 0 Å². The van der Waals surface area contributed by atoms with Crippen molar-refractivity contribution in [2.24, 2.45) is 0 Å². The van der Waals surface area contributed by atoms with Gasteiger partial charge in [0, 0.05) is 9.86 Å². The monoisotopic (exact) mass is 268 g/mol. The average molecular weight is 269 g/mol. The van der Waals surface area contributed by atoms with Gasteiger partial charge in [-0.25, -0.2) is 4.79 Å². The normalized spacial score (nSPS) is 10.5. The second-order valence-corrected chi connectivity index (χ2v) is 3.84. The number of hydrogen-bond acceptors (Lipinski definition) is 3. The van der Waals surface area contributed by atoms with E-state index in [1.54, 1.807) is 6.92 Å². The number of rotatable bonds is 2. The number of carbonyl (C=O) groups is 1. The first-order valence-corrected chi connectivity index (χ1v) is 5.36. The Labute approximate surface area is 95.1 Å². The molecule has 0 amide bonds. The van der Waals surface area contributed by atoms with Crippen LogP contribution in [0.3, 0.4) is 0 Å². The third kappa shape index (κ3) is 1.77. The fourth-order valence-corrected chi connectivity index (χ4v) is 1.97. The van der Waals surface area contributed by atoms with Gasteiger partial charge in [-0.2, -0.15) is 0 Å². The fourth-order valence-electron chi connectivity index (χ4n) is 1.40. The number of fused-ring (bicyclic) bond motifs is 1. The molecular formula is C11H9BrO3. The van der Waals surface area contributed by atoms with Crippen LogP contribution in [0.1, 0.15) is 17.3 Å². The molecule has 0 bridgehead atoms. The number of benzene rings is 1. The summed E-state index contributed by atoms with van der Waals surface area (Å²) in [7, 11) is 0. The van der Waals surface area contributed by atoms with Crippen molar-refractivity contribution in [3.05, 3.63) is 34.5 Å². The number of halogens is 1. The predicted octanol–water partition coefficient (Wildman–Crippen LogP) is 3.37. The lowest BCUT2D eigenvalue weighted by atomic mass is 10.2. The van der Waals surface area contributed by atoms with Gasteiger partial charge < -0.3 is 9.15 Å². The Balaban J connectivity index is 2.57. The Morgan fingerprint density at radius 1 is 1.53 bits per heavy atom. The molecule has 3 nitrogen and oxygen atoms in total. The molecule has 1 heterocycles. The van der Waals surface area contributed by atoms with E-state index < -0.39 is 0 Å². The SMILES string of the molecule is CCOC(=O)c1coc2cccc(Br)c12. The Morgan fingerprint density at radius 2 is 2.33 bits per heavy atom. The van der Waals surface area contributed by atoms with Gasteiger partial charge in [-0.15, -0.1) is 0 Å². The summed E-state index contributed by atoms with van der Waals surface area (Å²) in [5.74, 6) is -0.358. The molecule has 0 saturated carbocycles. The van der Waals surface area contributed by atoms with Crippen LogP contribution >= 0.6 is 15.9 Å². The minimum absolute atomic E-state index is 0.357. The zero-order valence-corrected chi connectivity index (χ0v) is 9.71. The second kappa shape index (κ2) is 4.06. The molecule has 0 aliphatic heterocycles. The van der Waals surface area contributed by atoms with E-state index in [1.807, 2.05) is 18.2 Å². The maximum Gasteiger partial charge on any atom is 0.342 e. The number of carbonyl (C=O) groups excluding carboxylic acids is 1. The van der Waals surface area contributed by atoms with Crippen LogP contribution in [0.4, 0.5) is 0 Å². The van der Waals surface area contributed by atoms with Gasteiger partial charge in [0.05, 0.1) is 6.61 Å². The summed E-state index contributed by atoms with van der Waals surface area (Å²) in [6.45, 7) is 2.13. The zero-order chi connectivity index (χ0) is 10.8. The minimum Gasteiger partial charge on any atom is -0.463 e. The summed E-state index contributed by atoms with van der Waals surface area (Å²) in [5.41, 5.74) is 1.13. The van der Waals surface area contributed by atoms with Crippen molar-refractivity contribution >= 4 is 32.9 Å². The third-order valence-corrected chi connectivity index (χ3v) is 2.70. The highest BCUT2D eigenvalue weighted by Gasteiger charge is 2.16. The van der Waals surface area contributed by atoms with E-state index in [2.05, 4.69) is 15.9 Å². The molecule has 0 aliphatic rings. The van der Waals surface area contributed by atoms with Gasteiger partial charge in [0.25, 0.3) is 0 Å². The van der Waals surface area contributed by atoms with Crippen LogP contribution in [0.5, 0.6) is 0 Å². The maximum atomic E-state index is 11.6. The summed E-state index contributed by atoms with van der Waals surface area (Å²) in [4.78, 5) is 11.6. The first-order valence-electron chi connectivity index (χ1n) is 4.57. The number of furan rings is 1. The van der Waals surface area contributed by atoms with Gasteiger partial charge in [0.1, 0.15) is 17.4 Å². The summed E-state index contributed by atoms with van der Waals surface area (Å²) in [6, 6.07) is 5.52. The van der Waals surface area contributed by atoms with Crippen molar-refractivity contribution in [1.82, 2.24) is 0 Å². The quantitative estimate of drug-likeness (QED) is 0.784. The van der Waals surface area contributed by atoms with E-state index >= 15 is 0 Å². The van der Waals surface area contributed by atoms with Crippen LogP contribution in [-0.4, -0.2) is 12.6 Å². The molecule has 2 aromatic rings. The molecule has 1 aromatic carbocycles. The van der Waals surface area contributed by atoms with E-state index in [4.69, 9.17) is 9.15 Å². The van der Waals surface area contributed by atoms with Crippen LogP contribution < -0.4 is 0 Å². The Hall–Kier alpha value is -1.29. The van der Waals surface area contributed by atoms with Crippen LogP contribution in [0.25, 0.3) is 11.0 Å². The fraction of sp³-hybridized carbons (Fsp3) is 0.182. The van der Waals surface area contributed by atoms with Gasteiger partial charge in [-0.3, -0.25) is 0 Å². The Morgan fingerprint density at radius 3 is 3.07 bits per heavy atom. The van der Waals surface area contributed by atoms with Crippen molar-refractivity contribution in [2.75, 3.05) is 6.61 Å². The van der Waals surface area contributed by atoms with E-state index in [-0.39, 0.29) is 5.97 Å². The maximum absolute atomic E-state index is 11.6. The smallest absolute Gasteiger partial charge is 0.342 e. The molecule has 4 heteroatoms.